The first kappa shape index (κ1) is 13.7. The molecule has 1 aliphatic heterocycles. The van der Waals surface area contributed by atoms with Crippen LogP contribution in [0, 0.1) is 5.92 Å². The molecule has 1 unspecified atom stereocenters. The van der Waals surface area contributed by atoms with Crippen LogP contribution < -0.4 is 0 Å². The summed E-state index contributed by atoms with van der Waals surface area (Å²) in [6.07, 6.45) is 9.42. The van der Waals surface area contributed by atoms with E-state index in [0.29, 0.717) is 6.04 Å². The molecule has 1 saturated carbocycles. The Hall–Kier alpha value is 0.270. The number of rotatable bonds is 2. The lowest BCUT2D eigenvalue weighted by Gasteiger charge is -2.37. The van der Waals surface area contributed by atoms with Crippen molar-refractivity contribution in [2.45, 2.75) is 76.5 Å². The first-order chi connectivity index (χ1) is 8.00. The highest BCUT2D eigenvalue weighted by Gasteiger charge is 2.43. The lowest BCUT2D eigenvalue weighted by Crippen LogP contribution is -2.47. The molecule has 100 valence electrons. The van der Waals surface area contributed by atoms with E-state index in [0.717, 1.165) is 12.5 Å². The van der Waals surface area contributed by atoms with Gasteiger partial charge in [0.05, 0.1) is 6.04 Å². The summed E-state index contributed by atoms with van der Waals surface area (Å²) in [4.78, 5) is 0. The van der Waals surface area contributed by atoms with Crippen LogP contribution >= 0.6 is 0 Å². The van der Waals surface area contributed by atoms with Crippen molar-refractivity contribution in [2.24, 2.45) is 5.92 Å². The third kappa shape index (κ3) is 3.18. The van der Waals surface area contributed by atoms with Gasteiger partial charge in [-0.1, -0.05) is 19.3 Å². The molecule has 0 aromatic carbocycles. The summed E-state index contributed by atoms with van der Waals surface area (Å²) in [7, 11) is 0. The van der Waals surface area contributed by atoms with Gasteiger partial charge in [-0.15, -0.1) is 4.31 Å². The predicted molar refractivity (Wildman–Crippen MR) is 74.2 cm³/mol. The number of hydrogen-bond acceptors (Lipinski definition) is 2. The van der Waals surface area contributed by atoms with E-state index in [1.807, 2.05) is 0 Å². The summed E-state index contributed by atoms with van der Waals surface area (Å²) in [6.45, 7) is 7.34. The van der Waals surface area contributed by atoms with Crippen molar-refractivity contribution in [1.29, 1.82) is 0 Å². The van der Waals surface area contributed by atoms with E-state index in [2.05, 4.69) is 25.1 Å². The Morgan fingerprint density at radius 3 is 2.24 bits per heavy atom. The molecule has 1 aliphatic carbocycles. The fraction of sp³-hybridized carbons (Fsp3) is 1.00. The van der Waals surface area contributed by atoms with Crippen LogP contribution in [0.3, 0.4) is 0 Å². The molecule has 0 N–H and O–H groups in total. The van der Waals surface area contributed by atoms with E-state index in [9.17, 15) is 4.55 Å². The summed E-state index contributed by atoms with van der Waals surface area (Å²) >= 11 is -0.811. The molecule has 0 spiro atoms. The molecule has 0 aromatic heterocycles. The Balaban J connectivity index is 2.01. The Morgan fingerprint density at radius 2 is 1.65 bits per heavy atom. The minimum Gasteiger partial charge on any atom is -0.597 e. The molecule has 2 nitrogen and oxygen atoms in total. The molecule has 2 aliphatic rings. The smallest absolute Gasteiger partial charge is 0.137 e. The summed E-state index contributed by atoms with van der Waals surface area (Å²) in [5, 5.41) is 0. The van der Waals surface area contributed by atoms with Crippen LogP contribution in [-0.4, -0.2) is 26.2 Å². The van der Waals surface area contributed by atoms with Gasteiger partial charge in [0.1, 0.15) is 4.75 Å². The van der Waals surface area contributed by atoms with Gasteiger partial charge in [-0.25, -0.2) is 0 Å². The molecule has 0 radical (unpaired) electrons. The molecule has 1 heterocycles. The highest BCUT2D eigenvalue weighted by atomic mass is 32.2. The Kier molecular flexibility index (Phi) is 4.43. The van der Waals surface area contributed by atoms with E-state index in [-0.39, 0.29) is 4.75 Å². The summed E-state index contributed by atoms with van der Waals surface area (Å²) in [6, 6.07) is 0.607. The Labute approximate surface area is 109 Å². The molecular formula is C14H27NOS. The van der Waals surface area contributed by atoms with Crippen molar-refractivity contribution in [3.05, 3.63) is 0 Å². The quantitative estimate of drug-likeness (QED) is 0.708. The largest absolute Gasteiger partial charge is 0.597 e. The monoisotopic (exact) mass is 257 g/mol. The molecule has 1 saturated heterocycles. The van der Waals surface area contributed by atoms with Crippen LogP contribution in [0.4, 0.5) is 0 Å². The maximum absolute atomic E-state index is 12.6. The first-order valence-electron chi connectivity index (χ1n) is 7.19. The molecule has 2 atom stereocenters. The van der Waals surface area contributed by atoms with Gasteiger partial charge in [0.15, 0.2) is 0 Å². The molecule has 0 amide bonds. The van der Waals surface area contributed by atoms with E-state index in [4.69, 9.17) is 0 Å². The van der Waals surface area contributed by atoms with Crippen molar-refractivity contribution in [1.82, 2.24) is 4.31 Å². The molecule has 2 rings (SSSR count). The zero-order valence-electron chi connectivity index (χ0n) is 11.6. The third-order valence-electron chi connectivity index (χ3n) is 4.18. The van der Waals surface area contributed by atoms with Gasteiger partial charge >= 0.3 is 0 Å². The van der Waals surface area contributed by atoms with Crippen molar-refractivity contribution in [3.8, 4) is 0 Å². The third-order valence-corrected chi connectivity index (χ3v) is 6.11. The van der Waals surface area contributed by atoms with Crippen LogP contribution in [0.5, 0.6) is 0 Å². The van der Waals surface area contributed by atoms with Crippen molar-refractivity contribution >= 4 is 11.4 Å². The Bertz CT molecular complexity index is 245. The standard InChI is InChI=1S/C14H27NOS/c1-14(2,3)17(16)15-11-7-10-13(15)12-8-5-4-6-9-12/h12-13H,4-11H2,1-3H3/t13-,17?/m0/s1. The fourth-order valence-electron chi connectivity index (χ4n) is 3.31. The average Bonchev–Trinajstić information content (AvgIpc) is 2.76. The van der Waals surface area contributed by atoms with Crippen LogP contribution in [0.1, 0.15) is 65.7 Å². The molecule has 2 fully saturated rings. The van der Waals surface area contributed by atoms with Gasteiger partial charge in [-0.3, -0.25) is 0 Å². The van der Waals surface area contributed by atoms with Crippen LogP contribution in [0.15, 0.2) is 0 Å². The minimum absolute atomic E-state index is 0.0999. The normalized spacial score (nSPS) is 30.7. The average molecular weight is 257 g/mol. The SMILES string of the molecule is CC(C)(C)[S+]([O-])N1CCC[C@H]1C1CCCCC1. The predicted octanol–water partition coefficient (Wildman–Crippen LogP) is 3.49. The zero-order chi connectivity index (χ0) is 12.5. The van der Waals surface area contributed by atoms with Gasteiger partial charge in [-0.05, 0) is 52.4 Å². The topological polar surface area (TPSA) is 26.3 Å². The minimum atomic E-state index is -0.811. The van der Waals surface area contributed by atoms with E-state index < -0.39 is 11.4 Å². The second-order valence-corrected chi connectivity index (χ2v) is 8.80. The molecular weight excluding hydrogens is 230 g/mol. The van der Waals surface area contributed by atoms with Crippen molar-refractivity contribution in [3.63, 3.8) is 0 Å². The number of nitrogens with zero attached hydrogens (tertiary/aromatic N) is 1. The maximum Gasteiger partial charge on any atom is 0.137 e. The van der Waals surface area contributed by atoms with Gasteiger partial charge < -0.3 is 4.55 Å². The summed E-state index contributed by atoms with van der Waals surface area (Å²) in [5.74, 6) is 0.817. The first-order valence-corrected chi connectivity index (χ1v) is 8.29. The summed E-state index contributed by atoms with van der Waals surface area (Å²) in [5.41, 5.74) is 0. The molecule has 0 bridgehead atoms. The fourth-order valence-corrected chi connectivity index (χ4v) is 4.84. The maximum atomic E-state index is 12.6. The van der Waals surface area contributed by atoms with Gasteiger partial charge in [0.2, 0.25) is 0 Å². The van der Waals surface area contributed by atoms with Crippen LogP contribution in [0.2, 0.25) is 0 Å². The highest BCUT2D eigenvalue weighted by molar-refractivity contribution is 7.90. The zero-order valence-corrected chi connectivity index (χ0v) is 12.4. The lowest BCUT2D eigenvalue weighted by molar-refractivity contribution is 0.223. The van der Waals surface area contributed by atoms with Crippen molar-refractivity contribution in [2.75, 3.05) is 6.54 Å². The second kappa shape index (κ2) is 5.50. The van der Waals surface area contributed by atoms with Crippen molar-refractivity contribution < 1.29 is 4.55 Å². The summed E-state index contributed by atoms with van der Waals surface area (Å²) < 4.78 is 14.8. The highest BCUT2D eigenvalue weighted by Crippen LogP contribution is 2.37. The number of hydrogen-bond donors (Lipinski definition) is 0. The van der Waals surface area contributed by atoms with E-state index in [1.165, 1.54) is 44.9 Å². The van der Waals surface area contributed by atoms with Gasteiger partial charge in [0.25, 0.3) is 0 Å². The van der Waals surface area contributed by atoms with Crippen LogP contribution in [0.25, 0.3) is 0 Å². The second-order valence-electron chi connectivity index (χ2n) is 6.61. The van der Waals surface area contributed by atoms with E-state index in [1.54, 1.807) is 0 Å². The molecule has 0 aromatic rings. The van der Waals surface area contributed by atoms with Gasteiger partial charge in [-0.2, -0.15) is 0 Å². The lowest BCUT2D eigenvalue weighted by atomic mass is 9.83. The Morgan fingerprint density at radius 1 is 1.00 bits per heavy atom. The molecule has 17 heavy (non-hydrogen) atoms. The molecule has 3 heteroatoms. The van der Waals surface area contributed by atoms with Crippen LogP contribution in [-0.2, 0) is 11.4 Å². The van der Waals surface area contributed by atoms with Gasteiger partial charge in [0, 0.05) is 17.9 Å². The van der Waals surface area contributed by atoms with E-state index >= 15 is 0 Å².